The summed E-state index contributed by atoms with van der Waals surface area (Å²) in [6, 6.07) is -0.293. The molecule has 0 aliphatic carbocycles. The minimum atomic E-state index is -4.21. The minimum absolute atomic E-state index is 0.0520. The fraction of sp³-hybridized carbons (Fsp3) is 0.923. The summed E-state index contributed by atoms with van der Waals surface area (Å²) >= 11 is 0. The van der Waals surface area contributed by atoms with E-state index in [1.54, 1.807) is 0 Å². The van der Waals surface area contributed by atoms with Gasteiger partial charge in [0.25, 0.3) is 0 Å². The van der Waals surface area contributed by atoms with Crippen LogP contribution in [0.1, 0.15) is 25.7 Å². The lowest BCUT2D eigenvalue weighted by Gasteiger charge is -2.33. The monoisotopic (exact) mass is 310 g/mol. The fourth-order valence-electron chi connectivity index (χ4n) is 2.72. The van der Waals surface area contributed by atoms with Gasteiger partial charge in [-0.15, -0.1) is 0 Å². The Kier molecular flexibility index (Phi) is 5.69. The predicted molar refractivity (Wildman–Crippen MR) is 69.0 cm³/mol. The van der Waals surface area contributed by atoms with Gasteiger partial charge in [-0.05, 0) is 32.2 Å². The number of ether oxygens (including phenoxy) is 2. The number of rotatable bonds is 4. The van der Waals surface area contributed by atoms with Crippen molar-refractivity contribution in [2.75, 3.05) is 32.8 Å². The van der Waals surface area contributed by atoms with E-state index in [2.05, 4.69) is 5.32 Å². The molecule has 122 valence electrons. The van der Waals surface area contributed by atoms with Gasteiger partial charge in [-0.1, -0.05) is 0 Å². The number of alkyl halides is 3. The first-order valence-corrected chi connectivity index (χ1v) is 7.26. The second-order valence-corrected chi connectivity index (χ2v) is 5.57. The first-order chi connectivity index (χ1) is 9.92. The molecule has 0 aromatic rings. The molecule has 2 atom stereocenters. The van der Waals surface area contributed by atoms with Crippen molar-refractivity contribution in [3.63, 3.8) is 0 Å². The minimum Gasteiger partial charge on any atom is -0.447 e. The SMILES string of the molecule is O=C(N[C@@H]1CCCN(CC(F)(F)F)C1)OC[C@H]1CCCO1. The quantitative estimate of drug-likeness (QED) is 0.862. The van der Waals surface area contributed by atoms with Crippen molar-refractivity contribution in [1.82, 2.24) is 10.2 Å². The number of amides is 1. The second kappa shape index (κ2) is 7.31. The Morgan fingerprint density at radius 1 is 1.33 bits per heavy atom. The van der Waals surface area contributed by atoms with Crippen LogP contribution in [0.5, 0.6) is 0 Å². The highest BCUT2D eigenvalue weighted by Gasteiger charge is 2.33. The highest BCUT2D eigenvalue weighted by molar-refractivity contribution is 5.67. The smallest absolute Gasteiger partial charge is 0.407 e. The van der Waals surface area contributed by atoms with E-state index in [1.165, 1.54) is 4.90 Å². The Morgan fingerprint density at radius 3 is 2.81 bits per heavy atom. The maximum absolute atomic E-state index is 12.4. The molecule has 2 aliphatic rings. The topological polar surface area (TPSA) is 50.8 Å². The van der Waals surface area contributed by atoms with Crippen LogP contribution in [0.25, 0.3) is 0 Å². The molecule has 2 heterocycles. The van der Waals surface area contributed by atoms with Gasteiger partial charge in [0.1, 0.15) is 6.61 Å². The molecule has 1 amide bonds. The predicted octanol–water partition coefficient (Wildman–Crippen LogP) is 1.92. The number of piperidine rings is 1. The molecule has 2 aliphatic heterocycles. The van der Waals surface area contributed by atoms with E-state index >= 15 is 0 Å². The van der Waals surface area contributed by atoms with Gasteiger partial charge in [0.15, 0.2) is 0 Å². The Labute approximate surface area is 121 Å². The van der Waals surface area contributed by atoms with E-state index in [0.29, 0.717) is 26.0 Å². The average molecular weight is 310 g/mol. The number of hydrogen-bond donors (Lipinski definition) is 1. The van der Waals surface area contributed by atoms with Gasteiger partial charge >= 0.3 is 12.3 Å². The maximum Gasteiger partial charge on any atom is 0.407 e. The van der Waals surface area contributed by atoms with E-state index in [-0.39, 0.29) is 25.3 Å². The summed E-state index contributed by atoms with van der Waals surface area (Å²) in [6.45, 7) is 0.558. The van der Waals surface area contributed by atoms with Crippen molar-refractivity contribution >= 4 is 6.09 Å². The average Bonchev–Trinajstić information content (AvgIpc) is 2.87. The molecular weight excluding hydrogens is 289 g/mol. The molecule has 1 N–H and O–H groups in total. The summed E-state index contributed by atoms with van der Waals surface area (Å²) in [5.41, 5.74) is 0. The molecule has 5 nitrogen and oxygen atoms in total. The third kappa shape index (κ3) is 6.09. The van der Waals surface area contributed by atoms with Crippen molar-refractivity contribution in [1.29, 1.82) is 0 Å². The molecule has 0 unspecified atom stereocenters. The van der Waals surface area contributed by atoms with Crippen LogP contribution in [0, 0.1) is 0 Å². The molecule has 2 fully saturated rings. The summed E-state index contributed by atoms with van der Waals surface area (Å²) in [6.07, 6.45) is -1.70. The molecule has 0 aromatic carbocycles. The van der Waals surface area contributed by atoms with Crippen LogP contribution in [0.4, 0.5) is 18.0 Å². The van der Waals surface area contributed by atoms with Crippen molar-refractivity contribution in [3.8, 4) is 0 Å². The summed E-state index contributed by atoms with van der Waals surface area (Å²) in [5, 5.41) is 2.63. The number of carbonyl (C=O) groups is 1. The molecule has 8 heteroatoms. The van der Waals surface area contributed by atoms with E-state index in [9.17, 15) is 18.0 Å². The summed E-state index contributed by atoms with van der Waals surface area (Å²) in [4.78, 5) is 12.9. The lowest BCUT2D eigenvalue weighted by atomic mass is 10.1. The maximum atomic E-state index is 12.4. The Hall–Kier alpha value is -1.02. The zero-order valence-electron chi connectivity index (χ0n) is 11.8. The molecule has 2 saturated heterocycles. The van der Waals surface area contributed by atoms with Crippen molar-refractivity contribution in [2.45, 2.75) is 44.0 Å². The number of halogens is 3. The lowest BCUT2D eigenvalue weighted by molar-refractivity contribution is -0.148. The van der Waals surface area contributed by atoms with Gasteiger partial charge < -0.3 is 14.8 Å². The highest BCUT2D eigenvalue weighted by Crippen LogP contribution is 2.20. The lowest BCUT2D eigenvalue weighted by Crippen LogP contribution is -2.50. The first kappa shape index (κ1) is 16.4. The molecule has 0 spiro atoms. The largest absolute Gasteiger partial charge is 0.447 e. The van der Waals surface area contributed by atoms with Crippen LogP contribution >= 0.6 is 0 Å². The van der Waals surface area contributed by atoms with Crippen LogP contribution in [-0.4, -0.2) is 62.2 Å². The normalized spacial score (nSPS) is 27.6. The van der Waals surface area contributed by atoms with Crippen LogP contribution in [0.3, 0.4) is 0 Å². The van der Waals surface area contributed by atoms with Gasteiger partial charge in [0.2, 0.25) is 0 Å². The van der Waals surface area contributed by atoms with Crippen LogP contribution in [0.15, 0.2) is 0 Å². The highest BCUT2D eigenvalue weighted by atomic mass is 19.4. The number of hydrogen-bond acceptors (Lipinski definition) is 4. The van der Waals surface area contributed by atoms with Gasteiger partial charge in [0.05, 0.1) is 12.6 Å². The fourth-order valence-corrected chi connectivity index (χ4v) is 2.72. The van der Waals surface area contributed by atoms with Gasteiger partial charge in [-0.3, -0.25) is 4.90 Å². The Balaban J connectivity index is 1.67. The standard InChI is InChI=1S/C13H21F3N2O3/c14-13(15,16)9-18-5-1-3-10(7-18)17-12(19)21-8-11-4-2-6-20-11/h10-11H,1-9H2,(H,17,19)/t10-,11-/m1/s1. The molecule has 0 saturated carbocycles. The molecular formula is C13H21F3N2O3. The first-order valence-electron chi connectivity index (χ1n) is 7.26. The summed E-state index contributed by atoms with van der Waals surface area (Å²) in [5.74, 6) is 0. The number of nitrogens with zero attached hydrogens (tertiary/aromatic N) is 1. The molecule has 2 rings (SSSR count). The third-order valence-electron chi connectivity index (χ3n) is 3.65. The van der Waals surface area contributed by atoms with Crippen molar-refractivity contribution < 1.29 is 27.4 Å². The summed E-state index contributed by atoms with van der Waals surface area (Å²) in [7, 11) is 0. The number of alkyl carbamates (subject to hydrolysis) is 1. The molecule has 0 aromatic heterocycles. The van der Waals surface area contributed by atoms with Crippen molar-refractivity contribution in [3.05, 3.63) is 0 Å². The number of likely N-dealkylation sites (tertiary alicyclic amines) is 1. The molecule has 21 heavy (non-hydrogen) atoms. The van der Waals surface area contributed by atoms with Gasteiger partial charge in [-0.25, -0.2) is 4.79 Å². The number of carbonyl (C=O) groups excluding carboxylic acids is 1. The zero-order chi connectivity index (χ0) is 15.3. The van der Waals surface area contributed by atoms with Crippen molar-refractivity contribution in [2.24, 2.45) is 0 Å². The third-order valence-corrected chi connectivity index (χ3v) is 3.65. The van der Waals surface area contributed by atoms with E-state index in [0.717, 1.165) is 12.8 Å². The van der Waals surface area contributed by atoms with E-state index in [1.807, 2.05) is 0 Å². The Morgan fingerprint density at radius 2 is 2.14 bits per heavy atom. The molecule has 0 bridgehead atoms. The summed E-state index contributed by atoms with van der Waals surface area (Å²) < 4.78 is 47.4. The Bertz CT molecular complexity index is 346. The zero-order valence-corrected chi connectivity index (χ0v) is 11.8. The van der Waals surface area contributed by atoms with E-state index in [4.69, 9.17) is 9.47 Å². The van der Waals surface area contributed by atoms with Crippen LogP contribution < -0.4 is 5.32 Å². The van der Waals surface area contributed by atoms with Crippen LogP contribution in [-0.2, 0) is 9.47 Å². The second-order valence-electron chi connectivity index (χ2n) is 5.57. The van der Waals surface area contributed by atoms with Crippen LogP contribution in [0.2, 0.25) is 0 Å². The molecule has 0 radical (unpaired) electrons. The van der Waals surface area contributed by atoms with Gasteiger partial charge in [-0.2, -0.15) is 13.2 Å². The van der Waals surface area contributed by atoms with E-state index < -0.39 is 18.8 Å². The number of nitrogens with one attached hydrogen (secondary N) is 1. The van der Waals surface area contributed by atoms with Gasteiger partial charge in [0, 0.05) is 19.2 Å².